The highest BCUT2D eigenvalue weighted by atomic mass is 15.4. The Morgan fingerprint density at radius 1 is 1.17 bits per heavy atom. The van der Waals surface area contributed by atoms with Gasteiger partial charge in [0.2, 0.25) is 0 Å². The second-order valence-corrected chi connectivity index (χ2v) is 8.70. The largest absolute Gasteiger partial charge is 0.356 e. The van der Waals surface area contributed by atoms with E-state index >= 15 is 0 Å². The van der Waals surface area contributed by atoms with Crippen LogP contribution in [-0.2, 0) is 32.4 Å². The fourth-order valence-electron chi connectivity index (χ4n) is 4.26. The van der Waals surface area contributed by atoms with E-state index in [0.29, 0.717) is 12.0 Å². The molecule has 0 saturated heterocycles. The van der Waals surface area contributed by atoms with E-state index in [0.717, 1.165) is 75.2 Å². The van der Waals surface area contributed by atoms with E-state index in [1.54, 1.807) is 0 Å². The van der Waals surface area contributed by atoms with Crippen LogP contribution in [0.4, 0.5) is 0 Å². The lowest BCUT2D eigenvalue weighted by atomic mass is 10.1. The molecular formula is C21H35N9. The van der Waals surface area contributed by atoms with Gasteiger partial charge in [-0.3, -0.25) is 4.99 Å². The summed E-state index contributed by atoms with van der Waals surface area (Å²) in [5.41, 5.74) is 0. The van der Waals surface area contributed by atoms with E-state index < -0.39 is 0 Å². The maximum absolute atomic E-state index is 4.67. The maximum Gasteiger partial charge on any atom is 0.191 e. The molecule has 0 spiro atoms. The number of hydrogen-bond acceptors (Lipinski definition) is 5. The predicted molar refractivity (Wildman–Crippen MR) is 117 cm³/mol. The van der Waals surface area contributed by atoms with Crippen molar-refractivity contribution in [2.45, 2.75) is 90.3 Å². The lowest BCUT2D eigenvalue weighted by Crippen LogP contribution is -2.47. The van der Waals surface area contributed by atoms with Gasteiger partial charge >= 0.3 is 0 Å². The normalized spacial score (nSPS) is 19.3. The Balaban J connectivity index is 1.23. The summed E-state index contributed by atoms with van der Waals surface area (Å²) >= 11 is 0. The summed E-state index contributed by atoms with van der Waals surface area (Å²) in [6.45, 7) is 7.04. The molecule has 0 amide bonds. The van der Waals surface area contributed by atoms with Gasteiger partial charge in [-0.2, -0.15) is 5.10 Å². The summed E-state index contributed by atoms with van der Waals surface area (Å²) in [5.74, 6) is 5.56. The third-order valence-corrected chi connectivity index (χ3v) is 6.01. The number of guanidine groups is 1. The van der Waals surface area contributed by atoms with Gasteiger partial charge in [-0.25, -0.2) is 9.67 Å². The molecule has 0 aliphatic carbocycles. The first-order valence-electron chi connectivity index (χ1n) is 11.5. The Labute approximate surface area is 178 Å². The maximum atomic E-state index is 4.67. The van der Waals surface area contributed by atoms with Crippen LogP contribution in [0, 0.1) is 0 Å². The molecule has 9 heteroatoms. The summed E-state index contributed by atoms with van der Waals surface area (Å²) in [4.78, 5) is 9.08. The Bertz CT molecular complexity index is 864. The molecule has 1 atom stereocenters. The van der Waals surface area contributed by atoms with Crippen LogP contribution in [0.5, 0.6) is 0 Å². The monoisotopic (exact) mass is 413 g/mol. The molecule has 30 heavy (non-hydrogen) atoms. The van der Waals surface area contributed by atoms with Gasteiger partial charge in [0.25, 0.3) is 0 Å². The van der Waals surface area contributed by atoms with Gasteiger partial charge in [-0.1, -0.05) is 20.3 Å². The molecule has 9 nitrogen and oxygen atoms in total. The van der Waals surface area contributed by atoms with Gasteiger partial charge < -0.3 is 15.2 Å². The number of aliphatic imine (C=N–C) groups is 1. The van der Waals surface area contributed by atoms with Crippen molar-refractivity contribution >= 4 is 5.96 Å². The third-order valence-electron chi connectivity index (χ3n) is 6.01. The van der Waals surface area contributed by atoms with E-state index in [9.17, 15) is 0 Å². The van der Waals surface area contributed by atoms with E-state index in [1.807, 2.05) is 7.05 Å². The van der Waals surface area contributed by atoms with Crippen LogP contribution in [0.15, 0.2) is 4.99 Å². The molecule has 164 valence electrons. The van der Waals surface area contributed by atoms with Gasteiger partial charge in [0.15, 0.2) is 11.8 Å². The summed E-state index contributed by atoms with van der Waals surface area (Å²) in [6, 6.07) is 0.317. The number of nitrogens with one attached hydrogen (secondary N) is 2. The molecule has 2 aromatic rings. The van der Waals surface area contributed by atoms with E-state index in [2.05, 4.69) is 59.0 Å². The topological polar surface area (TPSA) is 97.8 Å². The molecule has 0 aromatic carbocycles. The molecule has 1 unspecified atom stereocenters. The number of hydrogen-bond donors (Lipinski definition) is 2. The first-order chi connectivity index (χ1) is 14.6. The lowest BCUT2D eigenvalue weighted by molar-refractivity contribution is 0.391. The molecular weight excluding hydrogens is 378 g/mol. The van der Waals surface area contributed by atoms with Gasteiger partial charge in [0.1, 0.15) is 17.5 Å². The highest BCUT2D eigenvalue weighted by Crippen LogP contribution is 2.17. The van der Waals surface area contributed by atoms with Crippen molar-refractivity contribution in [3.8, 4) is 0 Å². The van der Waals surface area contributed by atoms with Crippen molar-refractivity contribution in [2.24, 2.45) is 4.99 Å². The second kappa shape index (κ2) is 9.57. The van der Waals surface area contributed by atoms with Crippen molar-refractivity contribution in [3.05, 3.63) is 23.3 Å². The van der Waals surface area contributed by atoms with Gasteiger partial charge in [0.05, 0.1) is 6.54 Å². The molecule has 4 rings (SSSR count). The minimum atomic E-state index is 0.317. The molecule has 2 N–H and O–H groups in total. The number of aryl methyl sites for hydroxylation is 3. The fourth-order valence-corrected chi connectivity index (χ4v) is 4.26. The van der Waals surface area contributed by atoms with Crippen molar-refractivity contribution in [1.82, 2.24) is 40.2 Å². The second-order valence-electron chi connectivity index (χ2n) is 8.70. The van der Waals surface area contributed by atoms with Crippen molar-refractivity contribution in [1.29, 1.82) is 0 Å². The van der Waals surface area contributed by atoms with Crippen molar-refractivity contribution in [2.75, 3.05) is 13.6 Å². The zero-order valence-corrected chi connectivity index (χ0v) is 18.6. The highest BCUT2D eigenvalue weighted by Gasteiger charge is 2.23. The number of nitrogens with zero attached hydrogens (tertiary/aromatic N) is 7. The van der Waals surface area contributed by atoms with Crippen molar-refractivity contribution in [3.63, 3.8) is 0 Å². The quantitative estimate of drug-likeness (QED) is 0.426. The highest BCUT2D eigenvalue weighted by molar-refractivity contribution is 5.79. The van der Waals surface area contributed by atoms with E-state index in [-0.39, 0.29) is 0 Å². The molecule has 0 bridgehead atoms. The minimum absolute atomic E-state index is 0.317. The Morgan fingerprint density at radius 3 is 2.90 bits per heavy atom. The van der Waals surface area contributed by atoms with Crippen LogP contribution in [0.3, 0.4) is 0 Å². The SMILES string of the molecule is CN=C(NCCCc1nnc2n1CCCCC2)NC1CCc2nc(C(C)C)nn2C1. The summed E-state index contributed by atoms with van der Waals surface area (Å²) in [6.07, 6.45) is 8.78. The first-order valence-corrected chi connectivity index (χ1v) is 11.5. The van der Waals surface area contributed by atoms with Gasteiger partial charge in [-0.05, 0) is 25.7 Å². The molecule has 4 heterocycles. The van der Waals surface area contributed by atoms with Crippen LogP contribution < -0.4 is 10.6 Å². The Hall–Kier alpha value is -2.45. The fraction of sp³-hybridized carbons (Fsp3) is 0.762. The predicted octanol–water partition coefficient (Wildman–Crippen LogP) is 1.83. The Kier molecular flexibility index (Phi) is 6.64. The molecule has 0 fully saturated rings. The standard InChI is InChI=1S/C21H35N9/c1-15(2)20-25-17-11-10-16(14-30(17)28-20)24-21(22-3)23-12-7-9-19-27-26-18-8-5-4-6-13-29(18)19/h15-16H,4-14H2,1-3H3,(H2,22,23,24). The zero-order valence-electron chi connectivity index (χ0n) is 18.6. The average Bonchev–Trinajstić information content (AvgIpc) is 3.26. The molecule has 0 radical (unpaired) electrons. The van der Waals surface area contributed by atoms with Gasteiger partial charge in [-0.15, -0.1) is 10.2 Å². The number of rotatable bonds is 6. The van der Waals surface area contributed by atoms with Crippen LogP contribution >= 0.6 is 0 Å². The zero-order chi connectivity index (χ0) is 20.9. The third kappa shape index (κ3) is 4.82. The van der Waals surface area contributed by atoms with Crippen LogP contribution in [0.2, 0.25) is 0 Å². The van der Waals surface area contributed by atoms with Crippen LogP contribution in [0.1, 0.15) is 75.2 Å². The van der Waals surface area contributed by atoms with Crippen molar-refractivity contribution < 1.29 is 0 Å². The first kappa shape index (κ1) is 20.8. The summed E-state index contributed by atoms with van der Waals surface area (Å²) in [7, 11) is 1.83. The van der Waals surface area contributed by atoms with E-state index in [4.69, 9.17) is 0 Å². The Morgan fingerprint density at radius 2 is 2.07 bits per heavy atom. The van der Waals surface area contributed by atoms with Crippen LogP contribution in [0.25, 0.3) is 0 Å². The van der Waals surface area contributed by atoms with E-state index in [1.165, 1.54) is 25.1 Å². The lowest BCUT2D eigenvalue weighted by Gasteiger charge is -2.25. The van der Waals surface area contributed by atoms with Gasteiger partial charge in [0, 0.05) is 51.4 Å². The average molecular weight is 414 g/mol. The molecule has 2 aliphatic heterocycles. The molecule has 2 aliphatic rings. The summed E-state index contributed by atoms with van der Waals surface area (Å²) in [5, 5.41) is 20.5. The molecule has 0 saturated carbocycles. The van der Waals surface area contributed by atoms with Crippen LogP contribution in [-0.4, -0.2) is 55.1 Å². The summed E-state index contributed by atoms with van der Waals surface area (Å²) < 4.78 is 4.39. The number of aromatic nitrogens is 6. The minimum Gasteiger partial charge on any atom is -0.356 e. The smallest absolute Gasteiger partial charge is 0.191 e. The number of fused-ring (bicyclic) bond motifs is 2. The molecule has 2 aromatic heterocycles.